The Hall–Kier alpha value is -0.160. The lowest BCUT2D eigenvalue weighted by atomic mass is 10.00. The molecule has 0 aromatic rings. The molecule has 4 nitrogen and oxygen atoms in total. The standard InChI is InChI=1S/C8H18N2O2/c1-7(2)11-6(4-9)8(3,5-10)12-7/h6H,4-5,9-10H2,1-3H3/t6-,8?/m1/s1. The highest BCUT2D eigenvalue weighted by Crippen LogP contribution is 2.34. The fraction of sp³-hybridized carbons (Fsp3) is 1.00. The Labute approximate surface area is 73.2 Å². The Kier molecular flexibility index (Phi) is 2.45. The zero-order chi connectivity index (χ0) is 9.41. The van der Waals surface area contributed by atoms with Crippen LogP contribution < -0.4 is 11.5 Å². The molecule has 0 aromatic heterocycles. The summed E-state index contributed by atoms with van der Waals surface area (Å²) in [7, 11) is 0. The molecule has 0 aromatic carbocycles. The van der Waals surface area contributed by atoms with Crippen molar-refractivity contribution in [2.24, 2.45) is 11.5 Å². The quantitative estimate of drug-likeness (QED) is 0.609. The van der Waals surface area contributed by atoms with Gasteiger partial charge in [0.25, 0.3) is 0 Å². The van der Waals surface area contributed by atoms with Crippen LogP contribution in [0.5, 0.6) is 0 Å². The maximum absolute atomic E-state index is 5.66. The molecule has 0 bridgehead atoms. The van der Waals surface area contributed by atoms with Crippen LogP contribution >= 0.6 is 0 Å². The summed E-state index contributed by atoms with van der Waals surface area (Å²) in [4.78, 5) is 0. The molecule has 1 rings (SSSR count). The van der Waals surface area contributed by atoms with E-state index in [2.05, 4.69) is 0 Å². The summed E-state index contributed by atoms with van der Waals surface area (Å²) in [6, 6.07) is 0. The first-order chi connectivity index (χ1) is 5.43. The molecule has 2 atom stereocenters. The third kappa shape index (κ3) is 1.61. The normalized spacial score (nSPS) is 40.2. The maximum atomic E-state index is 5.66. The van der Waals surface area contributed by atoms with Gasteiger partial charge in [0.15, 0.2) is 5.79 Å². The van der Waals surface area contributed by atoms with Crippen molar-refractivity contribution in [2.75, 3.05) is 13.1 Å². The summed E-state index contributed by atoms with van der Waals surface area (Å²) >= 11 is 0. The van der Waals surface area contributed by atoms with Crippen LogP contribution in [-0.4, -0.2) is 30.6 Å². The van der Waals surface area contributed by atoms with Crippen LogP contribution in [0.2, 0.25) is 0 Å². The number of nitrogens with two attached hydrogens (primary N) is 2. The lowest BCUT2D eigenvalue weighted by Gasteiger charge is -2.26. The number of ether oxygens (including phenoxy) is 2. The van der Waals surface area contributed by atoms with Gasteiger partial charge in [-0.05, 0) is 20.8 Å². The van der Waals surface area contributed by atoms with Gasteiger partial charge in [-0.1, -0.05) is 0 Å². The highest BCUT2D eigenvalue weighted by atomic mass is 16.8. The number of hydrogen-bond donors (Lipinski definition) is 2. The molecule has 0 amide bonds. The summed E-state index contributed by atoms with van der Waals surface area (Å²) < 4.78 is 11.2. The maximum Gasteiger partial charge on any atom is 0.164 e. The van der Waals surface area contributed by atoms with Gasteiger partial charge >= 0.3 is 0 Å². The van der Waals surface area contributed by atoms with E-state index in [1.165, 1.54) is 0 Å². The molecular weight excluding hydrogens is 156 g/mol. The van der Waals surface area contributed by atoms with Gasteiger partial charge in [0, 0.05) is 13.1 Å². The van der Waals surface area contributed by atoms with Crippen LogP contribution in [0.25, 0.3) is 0 Å². The van der Waals surface area contributed by atoms with Gasteiger partial charge in [0.1, 0.15) is 11.7 Å². The Morgan fingerprint density at radius 1 is 1.25 bits per heavy atom. The Morgan fingerprint density at radius 3 is 2.17 bits per heavy atom. The molecule has 0 radical (unpaired) electrons. The van der Waals surface area contributed by atoms with Crippen molar-refractivity contribution >= 4 is 0 Å². The van der Waals surface area contributed by atoms with Gasteiger partial charge in [-0.2, -0.15) is 0 Å². The Bertz CT molecular complexity index is 172. The van der Waals surface area contributed by atoms with E-state index >= 15 is 0 Å². The Morgan fingerprint density at radius 2 is 1.83 bits per heavy atom. The van der Waals surface area contributed by atoms with Crippen molar-refractivity contribution in [1.29, 1.82) is 0 Å². The van der Waals surface area contributed by atoms with Gasteiger partial charge in [0.05, 0.1) is 0 Å². The Balaban J connectivity index is 2.76. The molecule has 1 saturated heterocycles. The van der Waals surface area contributed by atoms with Crippen molar-refractivity contribution in [2.45, 2.75) is 38.3 Å². The minimum absolute atomic E-state index is 0.0995. The summed E-state index contributed by atoms with van der Waals surface area (Å²) in [5.41, 5.74) is 10.7. The van der Waals surface area contributed by atoms with Crippen molar-refractivity contribution in [3.05, 3.63) is 0 Å². The van der Waals surface area contributed by atoms with Crippen LogP contribution in [0.15, 0.2) is 0 Å². The van der Waals surface area contributed by atoms with E-state index in [0.29, 0.717) is 13.1 Å². The third-order valence-electron chi connectivity index (χ3n) is 2.21. The highest BCUT2D eigenvalue weighted by molar-refractivity contribution is 4.94. The van der Waals surface area contributed by atoms with E-state index < -0.39 is 11.4 Å². The van der Waals surface area contributed by atoms with Crippen molar-refractivity contribution in [3.63, 3.8) is 0 Å². The molecule has 12 heavy (non-hydrogen) atoms. The molecule has 0 aliphatic carbocycles. The number of rotatable bonds is 2. The number of hydrogen-bond acceptors (Lipinski definition) is 4. The van der Waals surface area contributed by atoms with Crippen LogP contribution in [0.4, 0.5) is 0 Å². The predicted octanol–water partition coefficient (Wildman–Crippen LogP) is -0.186. The van der Waals surface area contributed by atoms with Crippen molar-refractivity contribution < 1.29 is 9.47 Å². The van der Waals surface area contributed by atoms with Gasteiger partial charge in [0.2, 0.25) is 0 Å². The SMILES string of the molecule is CC1(C)O[C@H](CN)C(C)(CN)O1. The largest absolute Gasteiger partial charge is 0.343 e. The van der Waals surface area contributed by atoms with Crippen molar-refractivity contribution in [1.82, 2.24) is 0 Å². The van der Waals surface area contributed by atoms with Gasteiger partial charge in [-0.15, -0.1) is 0 Å². The molecular formula is C8H18N2O2. The van der Waals surface area contributed by atoms with Gasteiger partial charge in [-0.3, -0.25) is 0 Å². The van der Waals surface area contributed by atoms with E-state index in [4.69, 9.17) is 20.9 Å². The highest BCUT2D eigenvalue weighted by Gasteiger charge is 2.48. The summed E-state index contributed by atoms with van der Waals surface area (Å²) in [6.07, 6.45) is -0.0995. The molecule has 1 unspecified atom stereocenters. The van der Waals surface area contributed by atoms with Gasteiger partial charge < -0.3 is 20.9 Å². The molecule has 1 fully saturated rings. The second kappa shape index (κ2) is 2.96. The predicted molar refractivity (Wildman–Crippen MR) is 46.6 cm³/mol. The second-order valence-corrected chi connectivity index (χ2v) is 3.86. The average molecular weight is 174 g/mol. The zero-order valence-corrected chi connectivity index (χ0v) is 7.96. The van der Waals surface area contributed by atoms with Crippen LogP contribution in [0.1, 0.15) is 20.8 Å². The fourth-order valence-corrected chi connectivity index (χ4v) is 1.59. The van der Waals surface area contributed by atoms with Crippen LogP contribution in [0, 0.1) is 0 Å². The zero-order valence-electron chi connectivity index (χ0n) is 7.96. The average Bonchev–Trinajstić information content (AvgIpc) is 2.22. The molecule has 1 heterocycles. The molecule has 1 aliphatic heterocycles. The molecule has 4 N–H and O–H groups in total. The molecule has 1 aliphatic rings. The first kappa shape index (κ1) is 9.92. The molecule has 72 valence electrons. The summed E-state index contributed by atoms with van der Waals surface area (Å²) in [6.45, 7) is 6.54. The van der Waals surface area contributed by atoms with Crippen molar-refractivity contribution in [3.8, 4) is 0 Å². The van der Waals surface area contributed by atoms with Crippen LogP contribution in [-0.2, 0) is 9.47 Å². The smallest absolute Gasteiger partial charge is 0.164 e. The summed E-state index contributed by atoms with van der Waals surface area (Å²) in [5, 5.41) is 0. The van der Waals surface area contributed by atoms with E-state index in [1.807, 2.05) is 20.8 Å². The topological polar surface area (TPSA) is 70.5 Å². The lowest BCUT2D eigenvalue weighted by Crippen LogP contribution is -2.47. The van der Waals surface area contributed by atoms with E-state index in [9.17, 15) is 0 Å². The third-order valence-corrected chi connectivity index (χ3v) is 2.21. The minimum atomic E-state index is -0.557. The first-order valence-electron chi connectivity index (χ1n) is 4.22. The molecule has 4 heteroatoms. The van der Waals surface area contributed by atoms with E-state index in [0.717, 1.165) is 0 Å². The van der Waals surface area contributed by atoms with E-state index in [1.54, 1.807) is 0 Å². The minimum Gasteiger partial charge on any atom is -0.343 e. The monoisotopic (exact) mass is 174 g/mol. The molecule has 0 spiro atoms. The first-order valence-corrected chi connectivity index (χ1v) is 4.22. The van der Waals surface area contributed by atoms with Crippen LogP contribution in [0.3, 0.4) is 0 Å². The fourth-order valence-electron chi connectivity index (χ4n) is 1.59. The summed E-state index contributed by atoms with van der Waals surface area (Å²) in [5.74, 6) is -0.557. The van der Waals surface area contributed by atoms with E-state index in [-0.39, 0.29) is 6.10 Å². The van der Waals surface area contributed by atoms with Gasteiger partial charge in [-0.25, -0.2) is 0 Å². The molecule has 0 saturated carbocycles. The lowest BCUT2D eigenvalue weighted by molar-refractivity contribution is -0.158. The second-order valence-electron chi connectivity index (χ2n) is 3.86.